The first-order valence-electron chi connectivity index (χ1n) is 12.7. The fraction of sp³-hybridized carbons (Fsp3) is 1.00. The second-order valence-corrected chi connectivity index (χ2v) is 9.89. The van der Waals surface area contributed by atoms with Gasteiger partial charge in [0.1, 0.15) is 0 Å². The Morgan fingerprint density at radius 3 is 1.23 bits per heavy atom. The van der Waals surface area contributed by atoms with Crippen molar-refractivity contribution in [3.05, 3.63) is 0 Å². The van der Waals surface area contributed by atoms with Gasteiger partial charge >= 0.3 is 0 Å². The molecule has 0 saturated carbocycles. The Balaban J connectivity index is 0. The zero-order valence-electron chi connectivity index (χ0n) is 21.6. The highest BCUT2D eigenvalue weighted by Gasteiger charge is 2.17. The van der Waals surface area contributed by atoms with Crippen LogP contribution in [0.1, 0.15) is 107 Å². The van der Waals surface area contributed by atoms with Gasteiger partial charge in [-0.1, -0.05) is 66.2 Å². The number of phosphoric ester groups is 1. The summed E-state index contributed by atoms with van der Waals surface area (Å²) in [7, 11) is -4.14. The van der Waals surface area contributed by atoms with Crippen molar-refractivity contribution in [2.75, 3.05) is 39.4 Å². The van der Waals surface area contributed by atoms with E-state index in [1.807, 2.05) is 0 Å². The molecule has 0 aliphatic carbocycles. The molecule has 0 amide bonds. The summed E-state index contributed by atoms with van der Waals surface area (Å²) in [5, 5.41) is 0. The Bertz CT molecular complexity index is 375. The predicted octanol–water partition coefficient (Wildman–Crippen LogP) is 6.80. The molecule has 0 fully saturated rings. The lowest BCUT2D eigenvalue weighted by atomic mass is 10.0. The molecule has 0 aromatic heterocycles. The maximum Gasteiger partial charge on any atom is 0.267 e. The summed E-state index contributed by atoms with van der Waals surface area (Å²) in [6, 6.07) is 0. The second-order valence-electron chi connectivity index (χ2n) is 8.48. The van der Waals surface area contributed by atoms with Crippen molar-refractivity contribution in [2.24, 2.45) is 11.8 Å². The maximum absolute atomic E-state index is 11.8. The van der Waals surface area contributed by atoms with Gasteiger partial charge in [-0.05, 0) is 52.4 Å². The lowest BCUT2D eigenvalue weighted by Crippen LogP contribution is -2.47. The number of unbranched alkanes of at least 4 members (excludes halogenated alkanes) is 2. The van der Waals surface area contributed by atoms with Gasteiger partial charge in [0.05, 0.1) is 39.4 Å². The van der Waals surface area contributed by atoms with Crippen LogP contribution in [0.2, 0.25) is 0 Å². The summed E-state index contributed by atoms with van der Waals surface area (Å²) in [4.78, 5) is 11.8. The van der Waals surface area contributed by atoms with Crippen molar-refractivity contribution in [1.82, 2.24) is 0 Å². The van der Waals surface area contributed by atoms with Gasteiger partial charge in [0, 0.05) is 0 Å². The summed E-state index contributed by atoms with van der Waals surface area (Å²) in [5.41, 5.74) is 0. The van der Waals surface area contributed by atoms with E-state index in [4.69, 9.17) is 9.05 Å². The second kappa shape index (κ2) is 19.7. The van der Waals surface area contributed by atoms with E-state index in [0.29, 0.717) is 11.8 Å². The summed E-state index contributed by atoms with van der Waals surface area (Å²) < 4.78 is 23.2. The average Bonchev–Trinajstić information content (AvgIpc) is 2.76. The SMILES string of the molecule is CCCCC(CC)COP(=O)([O-])OCC(CC)CCCC.CC[N+](CC)(CC)CC. The summed E-state index contributed by atoms with van der Waals surface area (Å²) in [5.74, 6) is 0.607. The number of nitrogens with zero attached hydrogens (tertiary/aromatic N) is 1. The molecule has 184 valence electrons. The van der Waals surface area contributed by atoms with E-state index in [2.05, 4.69) is 55.4 Å². The van der Waals surface area contributed by atoms with Crippen molar-refractivity contribution < 1.29 is 23.0 Å². The van der Waals surface area contributed by atoms with E-state index in [-0.39, 0.29) is 13.2 Å². The zero-order chi connectivity index (χ0) is 23.5. The Morgan fingerprint density at radius 2 is 1.03 bits per heavy atom. The van der Waals surface area contributed by atoms with E-state index >= 15 is 0 Å². The number of rotatable bonds is 18. The molecule has 2 unspecified atom stereocenters. The highest BCUT2D eigenvalue weighted by Crippen LogP contribution is 2.40. The molecule has 30 heavy (non-hydrogen) atoms. The Kier molecular flexibility index (Phi) is 21.2. The molecule has 0 spiro atoms. The highest BCUT2D eigenvalue weighted by atomic mass is 31.2. The van der Waals surface area contributed by atoms with Gasteiger partial charge in [0.15, 0.2) is 0 Å². The van der Waals surface area contributed by atoms with Gasteiger partial charge in [-0.15, -0.1) is 0 Å². The summed E-state index contributed by atoms with van der Waals surface area (Å²) >= 11 is 0. The van der Waals surface area contributed by atoms with Crippen LogP contribution in [0.5, 0.6) is 0 Å². The van der Waals surface area contributed by atoms with E-state index in [1.165, 1.54) is 30.7 Å². The fourth-order valence-electron chi connectivity index (χ4n) is 3.57. The zero-order valence-corrected chi connectivity index (χ0v) is 22.5. The number of phosphoric acid groups is 1. The first-order chi connectivity index (χ1) is 14.2. The standard InChI is InChI=1S/C16H35O4P.C8H20N/c1-5-9-11-15(7-3)13-19-21(17,18)20-14-16(8-4)12-10-6-2;1-5-9(6-2,7-3)8-4/h15-16H,5-14H2,1-4H3,(H,17,18);5-8H2,1-4H3/q;+1/p-1. The molecular formula is C24H54NO4P. The molecular weight excluding hydrogens is 397 g/mol. The molecule has 5 nitrogen and oxygen atoms in total. The van der Waals surface area contributed by atoms with Crippen LogP contribution in [0, 0.1) is 11.8 Å². The van der Waals surface area contributed by atoms with E-state index in [0.717, 1.165) is 51.4 Å². The first-order valence-corrected chi connectivity index (χ1v) is 14.1. The Morgan fingerprint density at radius 1 is 0.700 bits per heavy atom. The van der Waals surface area contributed by atoms with Crippen molar-refractivity contribution in [1.29, 1.82) is 0 Å². The van der Waals surface area contributed by atoms with Gasteiger partial charge < -0.3 is 18.4 Å². The molecule has 0 heterocycles. The molecule has 0 aliphatic heterocycles. The molecule has 0 N–H and O–H groups in total. The molecule has 0 radical (unpaired) electrons. The smallest absolute Gasteiger partial charge is 0.267 e. The number of hydrogen-bond donors (Lipinski definition) is 0. The van der Waals surface area contributed by atoms with Crippen molar-refractivity contribution >= 4 is 7.82 Å². The molecule has 0 rings (SSSR count). The van der Waals surface area contributed by atoms with Crippen molar-refractivity contribution in [3.8, 4) is 0 Å². The van der Waals surface area contributed by atoms with Crippen molar-refractivity contribution in [3.63, 3.8) is 0 Å². The minimum Gasteiger partial charge on any atom is -0.756 e. The van der Waals surface area contributed by atoms with Gasteiger partial charge in [0.25, 0.3) is 7.82 Å². The third-order valence-electron chi connectivity index (χ3n) is 6.71. The maximum atomic E-state index is 11.8. The Hall–Kier alpha value is 0.0700. The van der Waals surface area contributed by atoms with Crippen LogP contribution < -0.4 is 4.89 Å². The largest absolute Gasteiger partial charge is 0.756 e. The normalized spacial score (nSPS) is 15.8. The lowest BCUT2D eigenvalue weighted by Gasteiger charge is -2.34. The number of quaternary nitrogens is 1. The van der Waals surface area contributed by atoms with Gasteiger partial charge in [-0.3, -0.25) is 4.57 Å². The molecule has 0 aliphatic rings. The average molecular weight is 452 g/mol. The van der Waals surface area contributed by atoms with Gasteiger partial charge in [0.2, 0.25) is 0 Å². The Labute approximate surface area is 189 Å². The van der Waals surface area contributed by atoms with Crippen LogP contribution in [0.25, 0.3) is 0 Å². The third kappa shape index (κ3) is 15.8. The monoisotopic (exact) mass is 451 g/mol. The van der Waals surface area contributed by atoms with Crippen LogP contribution in [-0.4, -0.2) is 43.9 Å². The van der Waals surface area contributed by atoms with E-state index < -0.39 is 7.82 Å². The minimum atomic E-state index is -4.14. The molecule has 0 bridgehead atoms. The lowest BCUT2D eigenvalue weighted by molar-refractivity contribution is -0.921. The molecule has 2 atom stereocenters. The van der Waals surface area contributed by atoms with Gasteiger partial charge in [-0.2, -0.15) is 0 Å². The topological polar surface area (TPSA) is 58.6 Å². The van der Waals surface area contributed by atoms with Crippen molar-refractivity contribution in [2.45, 2.75) is 107 Å². The molecule has 0 saturated heterocycles. The molecule has 6 heteroatoms. The quantitative estimate of drug-likeness (QED) is 0.170. The molecule has 0 aromatic rings. The van der Waals surface area contributed by atoms with Crippen LogP contribution in [0.15, 0.2) is 0 Å². The number of hydrogen-bond acceptors (Lipinski definition) is 4. The summed E-state index contributed by atoms with van der Waals surface area (Å²) in [6.07, 6.45) is 8.38. The van der Waals surface area contributed by atoms with Crippen LogP contribution in [0.3, 0.4) is 0 Å². The van der Waals surface area contributed by atoms with Crippen LogP contribution in [-0.2, 0) is 13.6 Å². The van der Waals surface area contributed by atoms with E-state index in [1.54, 1.807) is 0 Å². The van der Waals surface area contributed by atoms with Crippen LogP contribution >= 0.6 is 7.82 Å². The fourth-order valence-corrected chi connectivity index (χ4v) is 4.43. The van der Waals surface area contributed by atoms with E-state index in [9.17, 15) is 9.46 Å². The first kappa shape index (κ1) is 32.3. The van der Waals surface area contributed by atoms with Crippen LogP contribution in [0.4, 0.5) is 0 Å². The molecule has 0 aromatic carbocycles. The third-order valence-corrected chi connectivity index (χ3v) is 7.64. The van der Waals surface area contributed by atoms with Gasteiger partial charge in [-0.25, -0.2) is 0 Å². The predicted molar refractivity (Wildman–Crippen MR) is 129 cm³/mol. The summed E-state index contributed by atoms with van der Waals surface area (Å²) in [6.45, 7) is 23.1. The minimum absolute atomic E-state index is 0.253. The highest BCUT2D eigenvalue weighted by molar-refractivity contribution is 7.45.